The molecule has 0 saturated carbocycles. The number of fused-ring (bicyclic) bond motifs is 1. The van der Waals surface area contributed by atoms with Gasteiger partial charge in [0.1, 0.15) is 5.69 Å². The minimum absolute atomic E-state index is 0.230. The van der Waals surface area contributed by atoms with Gasteiger partial charge in [-0.15, -0.1) is 0 Å². The Hall–Kier alpha value is -1.62. The van der Waals surface area contributed by atoms with E-state index in [1.54, 1.807) is 12.1 Å². The van der Waals surface area contributed by atoms with Crippen LogP contribution in [-0.2, 0) is 0 Å². The summed E-state index contributed by atoms with van der Waals surface area (Å²) in [6, 6.07) is 7.53. The van der Waals surface area contributed by atoms with Crippen LogP contribution in [0.1, 0.15) is 13.3 Å². The molecule has 2 heterocycles. The first-order valence-electron chi connectivity index (χ1n) is 6.93. The lowest BCUT2D eigenvalue weighted by atomic mass is 9.93. The molecule has 1 aromatic carbocycles. The van der Waals surface area contributed by atoms with Crippen molar-refractivity contribution in [3.05, 3.63) is 34.4 Å². The summed E-state index contributed by atoms with van der Waals surface area (Å²) in [7, 11) is 0. The summed E-state index contributed by atoms with van der Waals surface area (Å²) in [6.07, 6.45) is 1.04. The minimum Gasteiger partial charge on any atom is -0.362 e. The van der Waals surface area contributed by atoms with Crippen molar-refractivity contribution in [3.8, 4) is 0 Å². The lowest BCUT2D eigenvalue weighted by Crippen LogP contribution is -2.35. The first-order chi connectivity index (χ1) is 9.22. The molecule has 1 aromatic rings. The molecule has 2 saturated heterocycles. The molecule has 1 N–H and O–H groups in total. The van der Waals surface area contributed by atoms with Crippen molar-refractivity contribution < 1.29 is 4.92 Å². The lowest BCUT2D eigenvalue weighted by Gasteiger charge is -2.28. The van der Waals surface area contributed by atoms with Crippen molar-refractivity contribution >= 4 is 11.4 Å². The number of nitrogens with one attached hydrogen (secondary N) is 1. The van der Waals surface area contributed by atoms with E-state index < -0.39 is 0 Å². The molecule has 2 aliphatic heterocycles. The Kier molecular flexibility index (Phi) is 3.14. The Morgan fingerprint density at radius 2 is 2.21 bits per heavy atom. The number of para-hydroxylation sites is 2. The van der Waals surface area contributed by atoms with Gasteiger partial charge in [-0.25, -0.2) is 0 Å². The Labute approximate surface area is 112 Å². The number of nitro benzene ring substituents is 1. The minimum atomic E-state index is -0.269. The second-order valence-corrected chi connectivity index (χ2v) is 5.46. The SMILES string of the molecule is CCC1C2CNCC2CN1c1ccccc1[N+](=O)[O-]. The smallest absolute Gasteiger partial charge is 0.292 e. The second-order valence-electron chi connectivity index (χ2n) is 5.46. The molecule has 5 heteroatoms. The maximum atomic E-state index is 11.2. The van der Waals surface area contributed by atoms with Crippen molar-refractivity contribution in [3.63, 3.8) is 0 Å². The normalized spacial score (nSPS) is 29.5. The molecule has 0 bridgehead atoms. The maximum Gasteiger partial charge on any atom is 0.292 e. The zero-order valence-corrected chi connectivity index (χ0v) is 11.1. The van der Waals surface area contributed by atoms with Crippen LogP contribution < -0.4 is 10.2 Å². The van der Waals surface area contributed by atoms with Gasteiger partial charge >= 0.3 is 0 Å². The monoisotopic (exact) mass is 261 g/mol. The first-order valence-corrected chi connectivity index (χ1v) is 6.93. The molecule has 2 fully saturated rings. The fourth-order valence-electron chi connectivity index (χ4n) is 3.68. The molecule has 102 valence electrons. The quantitative estimate of drug-likeness (QED) is 0.668. The van der Waals surface area contributed by atoms with Gasteiger partial charge in [0.05, 0.1) is 4.92 Å². The molecule has 3 rings (SSSR count). The van der Waals surface area contributed by atoms with Crippen LogP contribution in [0.3, 0.4) is 0 Å². The van der Waals surface area contributed by atoms with Gasteiger partial charge in [-0.05, 0) is 24.3 Å². The van der Waals surface area contributed by atoms with Crippen molar-refractivity contribution in [1.82, 2.24) is 5.32 Å². The molecular weight excluding hydrogens is 242 g/mol. The van der Waals surface area contributed by atoms with Gasteiger partial charge in [-0.2, -0.15) is 0 Å². The van der Waals surface area contributed by atoms with Gasteiger partial charge in [0.2, 0.25) is 0 Å². The van der Waals surface area contributed by atoms with E-state index in [4.69, 9.17) is 0 Å². The van der Waals surface area contributed by atoms with Crippen molar-refractivity contribution in [2.24, 2.45) is 11.8 Å². The molecule has 5 nitrogen and oxygen atoms in total. The topological polar surface area (TPSA) is 58.4 Å². The number of nitro groups is 1. The Morgan fingerprint density at radius 1 is 1.42 bits per heavy atom. The van der Waals surface area contributed by atoms with Gasteiger partial charge < -0.3 is 10.2 Å². The summed E-state index contributed by atoms with van der Waals surface area (Å²) in [5.74, 6) is 1.26. The van der Waals surface area contributed by atoms with Crippen molar-refractivity contribution in [2.75, 3.05) is 24.5 Å². The van der Waals surface area contributed by atoms with E-state index in [9.17, 15) is 10.1 Å². The molecule has 2 aliphatic rings. The van der Waals surface area contributed by atoms with Gasteiger partial charge in [0.25, 0.3) is 5.69 Å². The summed E-state index contributed by atoms with van der Waals surface area (Å²) in [4.78, 5) is 13.2. The number of rotatable bonds is 3. The molecule has 0 aliphatic carbocycles. The number of benzene rings is 1. The van der Waals surface area contributed by atoms with E-state index >= 15 is 0 Å². The summed E-state index contributed by atoms with van der Waals surface area (Å²) < 4.78 is 0. The Morgan fingerprint density at radius 3 is 2.95 bits per heavy atom. The van der Waals surface area contributed by atoms with E-state index in [-0.39, 0.29) is 10.6 Å². The van der Waals surface area contributed by atoms with E-state index in [0.717, 1.165) is 31.7 Å². The molecule has 0 radical (unpaired) electrons. The third-order valence-electron chi connectivity index (χ3n) is 4.52. The van der Waals surface area contributed by atoms with Crippen LogP contribution in [0.15, 0.2) is 24.3 Å². The van der Waals surface area contributed by atoms with Crippen LogP contribution in [0.25, 0.3) is 0 Å². The highest BCUT2D eigenvalue weighted by molar-refractivity contribution is 5.64. The third kappa shape index (κ3) is 1.98. The summed E-state index contributed by atoms with van der Waals surface area (Å²) in [5, 5.41) is 14.6. The average Bonchev–Trinajstić information content (AvgIpc) is 2.98. The van der Waals surface area contributed by atoms with E-state index in [1.807, 2.05) is 12.1 Å². The predicted octanol–water partition coefficient (Wildman–Crippen LogP) is 2.03. The lowest BCUT2D eigenvalue weighted by molar-refractivity contribution is -0.384. The molecule has 3 atom stereocenters. The standard InChI is InChI=1S/C14H19N3O2/c1-2-12-11-8-15-7-10(11)9-16(12)13-5-3-4-6-14(13)17(18)19/h3-6,10-12,15H,2,7-9H2,1H3. The maximum absolute atomic E-state index is 11.2. The van der Waals surface area contributed by atoms with Gasteiger partial charge in [-0.1, -0.05) is 19.1 Å². The zero-order valence-electron chi connectivity index (χ0n) is 11.1. The molecular formula is C14H19N3O2. The summed E-state index contributed by atoms with van der Waals surface area (Å²) in [5.41, 5.74) is 1.02. The van der Waals surface area contributed by atoms with Gasteiger partial charge in [0.15, 0.2) is 0 Å². The molecule has 0 aromatic heterocycles. The molecule has 0 spiro atoms. The number of nitrogens with zero attached hydrogens (tertiary/aromatic N) is 2. The summed E-state index contributed by atoms with van der Waals surface area (Å²) >= 11 is 0. The van der Waals surface area contributed by atoms with Gasteiger partial charge in [-0.3, -0.25) is 10.1 Å². The number of hydrogen-bond acceptors (Lipinski definition) is 4. The fraction of sp³-hybridized carbons (Fsp3) is 0.571. The number of hydrogen-bond donors (Lipinski definition) is 1. The second kappa shape index (κ2) is 4.81. The molecule has 19 heavy (non-hydrogen) atoms. The Balaban J connectivity index is 1.96. The largest absolute Gasteiger partial charge is 0.362 e. The Bertz CT molecular complexity index is 491. The van der Waals surface area contributed by atoms with Crippen LogP contribution >= 0.6 is 0 Å². The third-order valence-corrected chi connectivity index (χ3v) is 4.52. The van der Waals surface area contributed by atoms with Crippen LogP contribution in [0.4, 0.5) is 11.4 Å². The van der Waals surface area contributed by atoms with Crippen LogP contribution in [-0.4, -0.2) is 30.6 Å². The highest BCUT2D eigenvalue weighted by Crippen LogP contribution is 2.40. The van der Waals surface area contributed by atoms with E-state index in [2.05, 4.69) is 17.1 Å². The molecule has 0 amide bonds. The zero-order chi connectivity index (χ0) is 13.4. The summed E-state index contributed by atoms with van der Waals surface area (Å²) in [6.45, 7) is 5.19. The van der Waals surface area contributed by atoms with Crippen molar-refractivity contribution in [1.29, 1.82) is 0 Å². The van der Waals surface area contributed by atoms with Crippen LogP contribution in [0, 0.1) is 22.0 Å². The fourth-order valence-corrected chi connectivity index (χ4v) is 3.68. The number of anilines is 1. The van der Waals surface area contributed by atoms with Crippen molar-refractivity contribution in [2.45, 2.75) is 19.4 Å². The predicted molar refractivity (Wildman–Crippen MR) is 74.4 cm³/mol. The average molecular weight is 261 g/mol. The van der Waals surface area contributed by atoms with E-state index in [1.165, 1.54) is 0 Å². The molecule has 3 unspecified atom stereocenters. The van der Waals surface area contributed by atoms with Crippen LogP contribution in [0.2, 0.25) is 0 Å². The van der Waals surface area contributed by atoms with E-state index in [0.29, 0.717) is 17.9 Å². The highest BCUT2D eigenvalue weighted by Gasteiger charge is 2.44. The van der Waals surface area contributed by atoms with Gasteiger partial charge in [0, 0.05) is 31.7 Å². The highest BCUT2D eigenvalue weighted by atomic mass is 16.6. The van der Waals surface area contributed by atoms with Crippen LogP contribution in [0.5, 0.6) is 0 Å². The first kappa shape index (κ1) is 12.4.